The molecular formula is C18H28N4O2. The van der Waals surface area contributed by atoms with Gasteiger partial charge in [0.2, 0.25) is 0 Å². The first kappa shape index (κ1) is 16.9. The summed E-state index contributed by atoms with van der Waals surface area (Å²) in [5.41, 5.74) is 0.692. The number of anilines is 2. The molecule has 0 N–H and O–H groups in total. The van der Waals surface area contributed by atoms with E-state index in [-0.39, 0.29) is 6.09 Å². The number of hydrogen-bond donors (Lipinski definition) is 0. The average Bonchev–Trinajstić information content (AvgIpc) is 2.47. The molecule has 1 aromatic rings. The van der Waals surface area contributed by atoms with E-state index in [1.165, 1.54) is 0 Å². The third-order valence-corrected chi connectivity index (χ3v) is 4.74. The van der Waals surface area contributed by atoms with Crippen LogP contribution in [0.15, 0.2) is 18.3 Å². The van der Waals surface area contributed by atoms with Crippen molar-refractivity contribution in [2.75, 3.05) is 43.5 Å². The third kappa shape index (κ3) is 3.42. The van der Waals surface area contributed by atoms with Crippen molar-refractivity contribution in [2.45, 2.75) is 38.8 Å². The maximum Gasteiger partial charge on any atom is 0.410 e. The molecule has 2 aliphatic heterocycles. The van der Waals surface area contributed by atoms with Crippen molar-refractivity contribution in [2.24, 2.45) is 5.92 Å². The van der Waals surface area contributed by atoms with Crippen molar-refractivity contribution in [3.8, 4) is 0 Å². The average molecular weight is 332 g/mol. The second kappa shape index (κ2) is 6.15. The van der Waals surface area contributed by atoms with Gasteiger partial charge >= 0.3 is 6.09 Å². The van der Waals surface area contributed by atoms with E-state index in [0.717, 1.165) is 31.0 Å². The summed E-state index contributed by atoms with van der Waals surface area (Å²) in [4.78, 5) is 23.1. The van der Waals surface area contributed by atoms with Gasteiger partial charge in [-0.3, -0.25) is 0 Å². The summed E-state index contributed by atoms with van der Waals surface area (Å²) in [6.07, 6.45) is 2.68. The standard InChI is InChI=1S/C18H28N4O2/c1-18(2,3)24-17(23)21-9-7-13-11-22(15(13)12-21)16-10-14(20(4)5)6-8-19-16/h6,8,10,13,15H,7,9,11-12H2,1-5H3. The Morgan fingerprint density at radius 3 is 2.75 bits per heavy atom. The summed E-state index contributed by atoms with van der Waals surface area (Å²) in [5, 5.41) is 0. The topological polar surface area (TPSA) is 48.9 Å². The van der Waals surface area contributed by atoms with Gasteiger partial charge in [0.05, 0.1) is 6.04 Å². The molecule has 2 unspecified atom stereocenters. The van der Waals surface area contributed by atoms with Crippen LogP contribution in [0.4, 0.5) is 16.3 Å². The molecule has 3 heterocycles. The first-order valence-electron chi connectivity index (χ1n) is 8.62. The van der Waals surface area contributed by atoms with Gasteiger partial charge in [0.25, 0.3) is 0 Å². The van der Waals surface area contributed by atoms with Crippen LogP contribution in [0.25, 0.3) is 0 Å². The van der Waals surface area contributed by atoms with Gasteiger partial charge in [0.15, 0.2) is 0 Å². The van der Waals surface area contributed by atoms with Crippen LogP contribution in [0, 0.1) is 5.92 Å². The maximum absolute atomic E-state index is 12.3. The molecule has 0 spiro atoms. The van der Waals surface area contributed by atoms with Crippen molar-refractivity contribution >= 4 is 17.6 Å². The molecule has 0 bridgehead atoms. The number of hydrogen-bond acceptors (Lipinski definition) is 5. The number of pyridine rings is 1. The zero-order valence-electron chi connectivity index (χ0n) is 15.3. The van der Waals surface area contributed by atoms with Crippen LogP contribution in [-0.2, 0) is 4.74 Å². The van der Waals surface area contributed by atoms with Crippen molar-refractivity contribution < 1.29 is 9.53 Å². The summed E-state index contributed by atoms with van der Waals surface area (Å²) >= 11 is 0. The Morgan fingerprint density at radius 2 is 2.08 bits per heavy atom. The molecule has 0 aliphatic carbocycles. The fourth-order valence-electron chi connectivity index (χ4n) is 3.39. The molecule has 0 saturated carbocycles. The largest absolute Gasteiger partial charge is 0.444 e. The zero-order chi connectivity index (χ0) is 17.5. The minimum absolute atomic E-state index is 0.206. The normalized spacial score (nSPS) is 23.4. The van der Waals surface area contributed by atoms with Gasteiger partial charge in [-0.25, -0.2) is 9.78 Å². The first-order chi connectivity index (χ1) is 11.2. The quantitative estimate of drug-likeness (QED) is 0.833. The lowest BCUT2D eigenvalue weighted by Crippen LogP contribution is -2.65. The lowest BCUT2D eigenvalue weighted by atomic mass is 9.82. The van der Waals surface area contributed by atoms with E-state index in [9.17, 15) is 4.79 Å². The third-order valence-electron chi connectivity index (χ3n) is 4.74. The Bertz CT molecular complexity index is 611. The SMILES string of the molecule is CN(C)c1ccnc(N2CC3CCN(C(=O)OC(C)(C)C)CC32)c1. The predicted molar refractivity (Wildman–Crippen MR) is 95.6 cm³/mol. The van der Waals surface area contributed by atoms with E-state index in [2.05, 4.69) is 20.9 Å². The molecule has 6 heteroatoms. The summed E-state index contributed by atoms with van der Waals surface area (Å²) < 4.78 is 5.52. The van der Waals surface area contributed by atoms with Gasteiger partial charge in [-0.15, -0.1) is 0 Å². The number of carbonyl (C=O) groups is 1. The molecule has 2 fully saturated rings. The van der Waals surface area contributed by atoms with E-state index in [4.69, 9.17) is 4.74 Å². The van der Waals surface area contributed by atoms with E-state index < -0.39 is 5.60 Å². The van der Waals surface area contributed by atoms with Gasteiger partial charge < -0.3 is 19.4 Å². The smallest absolute Gasteiger partial charge is 0.410 e. The Hall–Kier alpha value is -1.98. The summed E-state index contributed by atoms with van der Waals surface area (Å²) in [6, 6.07) is 4.47. The molecular weight excluding hydrogens is 304 g/mol. The minimum atomic E-state index is -0.450. The molecule has 0 radical (unpaired) electrons. The predicted octanol–water partition coefficient (Wildman–Crippen LogP) is 2.59. The minimum Gasteiger partial charge on any atom is -0.444 e. The van der Waals surface area contributed by atoms with Crippen molar-refractivity contribution in [3.05, 3.63) is 18.3 Å². The number of aromatic nitrogens is 1. The van der Waals surface area contributed by atoms with Crippen LogP contribution < -0.4 is 9.80 Å². The Kier molecular flexibility index (Phi) is 4.32. The van der Waals surface area contributed by atoms with Gasteiger partial charge in [-0.05, 0) is 33.3 Å². The number of rotatable bonds is 2. The molecule has 132 valence electrons. The molecule has 2 atom stereocenters. The van der Waals surface area contributed by atoms with Crippen LogP contribution >= 0.6 is 0 Å². The van der Waals surface area contributed by atoms with Crippen LogP contribution in [0.1, 0.15) is 27.2 Å². The van der Waals surface area contributed by atoms with Crippen molar-refractivity contribution in [3.63, 3.8) is 0 Å². The van der Waals surface area contributed by atoms with Crippen LogP contribution in [0.3, 0.4) is 0 Å². The van der Waals surface area contributed by atoms with Gasteiger partial charge in [-0.2, -0.15) is 0 Å². The number of piperidine rings is 1. The molecule has 1 amide bonds. The fraction of sp³-hybridized carbons (Fsp3) is 0.667. The number of ether oxygens (including phenoxy) is 1. The van der Waals surface area contributed by atoms with E-state index in [0.29, 0.717) is 18.5 Å². The molecule has 2 aliphatic rings. The molecule has 6 nitrogen and oxygen atoms in total. The summed E-state index contributed by atoms with van der Waals surface area (Å²) in [6.45, 7) is 8.25. The summed E-state index contributed by atoms with van der Waals surface area (Å²) in [7, 11) is 4.06. The number of fused-ring (bicyclic) bond motifs is 1. The molecule has 3 rings (SSSR count). The van der Waals surface area contributed by atoms with Gasteiger partial charge in [0, 0.05) is 57.6 Å². The van der Waals surface area contributed by atoms with Crippen molar-refractivity contribution in [1.82, 2.24) is 9.88 Å². The monoisotopic (exact) mass is 332 g/mol. The Balaban J connectivity index is 1.68. The lowest BCUT2D eigenvalue weighted by Gasteiger charge is -2.53. The van der Waals surface area contributed by atoms with Crippen molar-refractivity contribution in [1.29, 1.82) is 0 Å². The number of carbonyl (C=O) groups excluding carboxylic acids is 1. The van der Waals surface area contributed by atoms with E-state index >= 15 is 0 Å². The van der Waals surface area contributed by atoms with Gasteiger partial charge in [-0.1, -0.05) is 0 Å². The fourth-order valence-corrected chi connectivity index (χ4v) is 3.39. The van der Waals surface area contributed by atoms with Gasteiger partial charge in [0.1, 0.15) is 11.4 Å². The van der Waals surface area contributed by atoms with Crippen LogP contribution in [0.5, 0.6) is 0 Å². The summed E-state index contributed by atoms with van der Waals surface area (Å²) in [5.74, 6) is 1.64. The highest BCUT2D eigenvalue weighted by Gasteiger charge is 2.44. The molecule has 1 aromatic heterocycles. The highest BCUT2D eigenvalue weighted by Crippen LogP contribution is 2.36. The highest BCUT2D eigenvalue weighted by molar-refractivity contribution is 5.69. The molecule has 2 saturated heterocycles. The Morgan fingerprint density at radius 1 is 1.33 bits per heavy atom. The number of amides is 1. The second-order valence-corrected chi connectivity index (χ2v) is 7.96. The molecule has 24 heavy (non-hydrogen) atoms. The number of nitrogens with zero attached hydrogens (tertiary/aromatic N) is 4. The Labute approximate surface area is 144 Å². The zero-order valence-corrected chi connectivity index (χ0v) is 15.3. The van der Waals surface area contributed by atoms with E-state index in [1.807, 2.05) is 52.0 Å². The second-order valence-electron chi connectivity index (χ2n) is 7.96. The lowest BCUT2D eigenvalue weighted by molar-refractivity contribution is 0.0106. The number of likely N-dealkylation sites (tertiary alicyclic amines) is 1. The maximum atomic E-state index is 12.3. The van der Waals surface area contributed by atoms with Crippen LogP contribution in [-0.4, -0.2) is 61.3 Å². The molecule has 0 aromatic carbocycles. The van der Waals surface area contributed by atoms with Crippen LogP contribution in [0.2, 0.25) is 0 Å². The first-order valence-corrected chi connectivity index (χ1v) is 8.62. The van der Waals surface area contributed by atoms with E-state index in [1.54, 1.807) is 0 Å². The highest BCUT2D eigenvalue weighted by atomic mass is 16.6.